The van der Waals surface area contributed by atoms with Crippen LogP contribution in [0.4, 0.5) is 0 Å². The number of hydrogen-bond donors (Lipinski definition) is 0. The van der Waals surface area contributed by atoms with E-state index in [9.17, 15) is 9.59 Å². The molecule has 0 aliphatic carbocycles. The van der Waals surface area contributed by atoms with Crippen LogP contribution in [0.25, 0.3) is 22.2 Å². The third-order valence-corrected chi connectivity index (χ3v) is 5.60. The summed E-state index contributed by atoms with van der Waals surface area (Å²) in [6.07, 6.45) is -0.761. The highest BCUT2D eigenvalue weighted by Crippen LogP contribution is 2.36. The molecular weight excluding hydrogens is 430 g/mol. The second-order valence-corrected chi connectivity index (χ2v) is 7.79. The molecule has 3 aromatic carbocycles. The average Bonchev–Trinajstić information content (AvgIpc) is 3.34. The van der Waals surface area contributed by atoms with Crippen molar-refractivity contribution in [3.05, 3.63) is 102 Å². The maximum Gasteiger partial charge on any atom is 0.337 e. The van der Waals surface area contributed by atoms with E-state index in [1.807, 2.05) is 60.7 Å². The van der Waals surface area contributed by atoms with Crippen molar-refractivity contribution >= 4 is 28.7 Å². The van der Waals surface area contributed by atoms with Gasteiger partial charge < -0.3 is 9.47 Å². The van der Waals surface area contributed by atoms with Gasteiger partial charge >= 0.3 is 5.97 Å². The molecule has 2 heterocycles. The SMILES string of the molecule is COC(=O)c1ccc(C2=NN(C(C)=O)[C@@H](c3cc(-c4ccccc4)nc4ccccc34)O2)cc1. The zero-order valence-electron chi connectivity index (χ0n) is 18.6. The van der Waals surface area contributed by atoms with Gasteiger partial charge in [0, 0.05) is 29.0 Å². The summed E-state index contributed by atoms with van der Waals surface area (Å²) in [5.41, 5.74) is 4.37. The molecule has 4 aromatic rings. The van der Waals surface area contributed by atoms with E-state index in [1.54, 1.807) is 24.3 Å². The van der Waals surface area contributed by atoms with Crippen molar-refractivity contribution in [3.63, 3.8) is 0 Å². The van der Waals surface area contributed by atoms with E-state index in [4.69, 9.17) is 14.5 Å². The summed E-state index contributed by atoms with van der Waals surface area (Å²) in [7, 11) is 1.33. The maximum absolute atomic E-state index is 12.5. The third-order valence-electron chi connectivity index (χ3n) is 5.60. The van der Waals surface area contributed by atoms with E-state index in [1.165, 1.54) is 19.0 Å². The second-order valence-electron chi connectivity index (χ2n) is 7.79. The Labute approximate surface area is 196 Å². The van der Waals surface area contributed by atoms with Crippen LogP contribution in [-0.4, -0.2) is 34.9 Å². The molecule has 0 saturated heterocycles. The van der Waals surface area contributed by atoms with Crippen LogP contribution >= 0.6 is 0 Å². The van der Waals surface area contributed by atoms with E-state index in [0.29, 0.717) is 17.0 Å². The molecule has 0 fully saturated rings. The monoisotopic (exact) mass is 451 g/mol. The topological polar surface area (TPSA) is 81.1 Å². The van der Waals surface area contributed by atoms with E-state index in [2.05, 4.69) is 5.10 Å². The molecule has 1 aliphatic rings. The summed E-state index contributed by atoms with van der Waals surface area (Å²) in [5, 5.41) is 6.67. The fourth-order valence-corrected chi connectivity index (χ4v) is 3.92. The minimum absolute atomic E-state index is 0.256. The van der Waals surface area contributed by atoms with Crippen LogP contribution in [0, 0.1) is 0 Å². The number of pyridine rings is 1. The van der Waals surface area contributed by atoms with Gasteiger partial charge in [0.05, 0.1) is 23.9 Å². The van der Waals surface area contributed by atoms with E-state index < -0.39 is 12.2 Å². The lowest BCUT2D eigenvalue weighted by molar-refractivity contribution is -0.135. The molecule has 7 nitrogen and oxygen atoms in total. The molecule has 0 N–H and O–H groups in total. The van der Waals surface area contributed by atoms with Crippen molar-refractivity contribution in [2.75, 3.05) is 7.11 Å². The Balaban J connectivity index is 1.58. The van der Waals surface area contributed by atoms with Crippen molar-refractivity contribution in [2.24, 2.45) is 5.10 Å². The van der Waals surface area contributed by atoms with Crippen LogP contribution in [0.15, 0.2) is 90.0 Å². The van der Waals surface area contributed by atoms with Gasteiger partial charge in [0.15, 0.2) is 0 Å². The molecule has 168 valence electrons. The van der Waals surface area contributed by atoms with Gasteiger partial charge in [-0.1, -0.05) is 48.5 Å². The van der Waals surface area contributed by atoms with Crippen LogP contribution in [0.5, 0.6) is 0 Å². The number of amides is 1. The van der Waals surface area contributed by atoms with Crippen LogP contribution < -0.4 is 0 Å². The Bertz CT molecular complexity index is 1420. The number of methoxy groups -OCH3 is 1. The Morgan fingerprint density at radius 3 is 2.32 bits per heavy atom. The van der Waals surface area contributed by atoms with Crippen molar-refractivity contribution in [1.29, 1.82) is 0 Å². The zero-order chi connectivity index (χ0) is 23.7. The molecule has 0 bridgehead atoms. The number of nitrogens with zero attached hydrogens (tertiary/aromatic N) is 3. The predicted octanol–water partition coefficient (Wildman–Crippen LogP) is 4.93. The largest absolute Gasteiger partial charge is 0.465 e. The lowest BCUT2D eigenvalue weighted by Gasteiger charge is -2.21. The molecule has 1 aliphatic heterocycles. The average molecular weight is 451 g/mol. The maximum atomic E-state index is 12.5. The normalized spacial score (nSPS) is 15.1. The van der Waals surface area contributed by atoms with Crippen LogP contribution in [-0.2, 0) is 14.3 Å². The number of esters is 1. The highest BCUT2D eigenvalue weighted by molar-refractivity contribution is 5.98. The van der Waals surface area contributed by atoms with E-state index in [0.717, 1.165) is 27.7 Å². The van der Waals surface area contributed by atoms with Gasteiger partial charge in [-0.05, 0) is 36.4 Å². The fraction of sp³-hybridized carbons (Fsp3) is 0.111. The first-order valence-corrected chi connectivity index (χ1v) is 10.7. The second kappa shape index (κ2) is 8.78. The molecule has 0 unspecified atom stereocenters. The Kier molecular flexibility index (Phi) is 5.51. The van der Waals surface area contributed by atoms with Crippen molar-refractivity contribution in [2.45, 2.75) is 13.2 Å². The number of para-hydroxylation sites is 1. The number of hydrogen-bond acceptors (Lipinski definition) is 6. The molecule has 7 heteroatoms. The molecule has 5 rings (SSSR count). The Morgan fingerprint density at radius 2 is 1.62 bits per heavy atom. The summed E-state index contributed by atoms with van der Waals surface area (Å²) in [6, 6.07) is 26.2. The van der Waals surface area contributed by atoms with Gasteiger partial charge in [-0.3, -0.25) is 4.79 Å². The quantitative estimate of drug-likeness (QED) is 0.411. The van der Waals surface area contributed by atoms with Crippen molar-refractivity contribution in [3.8, 4) is 11.3 Å². The van der Waals surface area contributed by atoms with Crippen LogP contribution in [0.2, 0.25) is 0 Å². The summed E-state index contributed by atoms with van der Waals surface area (Å²) in [4.78, 5) is 29.1. The minimum Gasteiger partial charge on any atom is -0.465 e. The molecule has 1 atom stereocenters. The third kappa shape index (κ3) is 3.88. The summed E-state index contributed by atoms with van der Waals surface area (Å²) in [6.45, 7) is 1.45. The summed E-state index contributed by atoms with van der Waals surface area (Å²) in [5.74, 6) is -0.395. The number of hydrazone groups is 1. The lowest BCUT2D eigenvalue weighted by Crippen LogP contribution is -2.25. The highest BCUT2D eigenvalue weighted by atomic mass is 16.5. The van der Waals surface area contributed by atoms with E-state index in [-0.39, 0.29) is 5.91 Å². The van der Waals surface area contributed by atoms with Gasteiger partial charge in [-0.25, -0.2) is 9.78 Å². The van der Waals surface area contributed by atoms with E-state index >= 15 is 0 Å². The molecule has 0 saturated carbocycles. The standard InChI is InChI=1S/C27H21N3O4/c1-17(31)30-26(34-25(29-30)19-12-14-20(15-13-19)27(32)33-2)22-16-24(18-8-4-3-5-9-18)28-23-11-7-6-10-21(22)23/h3-16,26H,1-2H3/t26-/m1/s1. The minimum atomic E-state index is -0.761. The predicted molar refractivity (Wildman–Crippen MR) is 128 cm³/mol. The molecule has 0 radical (unpaired) electrons. The highest BCUT2D eigenvalue weighted by Gasteiger charge is 2.34. The number of carbonyl (C=O) groups is 2. The zero-order valence-corrected chi connectivity index (χ0v) is 18.6. The van der Waals surface area contributed by atoms with Gasteiger partial charge in [0.25, 0.3) is 0 Å². The van der Waals surface area contributed by atoms with Crippen LogP contribution in [0.3, 0.4) is 0 Å². The van der Waals surface area contributed by atoms with Crippen molar-refractivity contribution < 1.29 is 19.1 Å². The number of ether oxygens (including phenoxy) is 2. The van der Waals surface area contributed by atoms with Gasteiger partial charge in [0.1, 0.15) is 0 Å². The summed E-state index contributed by atoms with van der Waals surface area (Å²) < 4.78 is 11.0. The first kappa shape index (κ1) is 21.3. The van der Waals surface area contributed by atoms with Crippen molar-refractivity contribution in [1.82, 2.24) is 9.99 Å². The molecule has 34 heavy (non-hydrogen) atoms. The first-order valence-electron chi connectivity index (χ1n) is 10.7. The smallest absolute Gasteiger partial charge is 0.337 e. The van der Waals surface area contributed by atoms with Gasteiger partial charge in [-0.15, -0.1) is 5.10 Å². The molecular formula is C27H21N3O4. The number of aromatic nitrogens is 1. The van der Waals surface area contributed by atoms with Gasteiger partial charge in [-0.2, -0.15) is 5.01 Å². The molecule has 1 amide bonds. The summed E-state index contributed by atoms with van der Waals surface area (Å²) >= 11 is 0. The Morgan fingerprint density at radius 1 is 0.912 bits per heavy atom. The number of benzene rings is 3. The molecule has 0 spiro atoms. The number of carbonyl (C=O) groups excluding carboxylic acids is 2. The molecule has 1 aromatic heterocycles. The fourth-order valence-electron chi connectivity index (χ4n) is 3.92. The lowest BCUT2D eigenvalue weighted by atomic mass is 10.0. The Hall–Kier alpha value is -4.52. The number of fused-ring (bicyclic) bond motifs is 1. The van der Waals surface area contributed by atoms with Crippen LogP contribution in [0.1, 0.15) is 34.6 Å². The number of rotatable bonds is 4. The first-order chi connectivity index (χ1) is 16.5. The van der Waals surface area contributed by atoms with Gasteiger partial charge in [0.2, 0.25) is 18.0 Å².